The molecule has 2 rings (SSSR count). The summed E-state index contributed by atoms with van der Waals surface area (Å²) in [5.74, 6) is 2.04. The second kappa shape index (κ2) is 9.85. The molecule has 0 bridgehead atoms. The Morgan fingerprint density at radius 3 is 2.31 bits per heavy atom. The molecular weight excluding hydrogens is 328 g/mol. The summed E-state index contributed by atoms with van der Waals surface area (Å²) >= 11 is 0. The molecule has 0 aromatic heterocycles. The van der Waals surface area contributed by atoms with Crippen molar-refractivity contribution in [3.05, 3.63) is 53.6 Å². The van der Waals surface area contributed by atoms with Gasteiger partial charge in [-0.25, -0.2) is 0 Å². The van der Waals surface area contributed by atoms with Crippen molar-refractivity contribution in [1.29, 1.82) is 0 Å². The van der Waals surface area contributed by atoms with Crippen molar-refractivity contribution in [1.82, 2.24) is 0 Å². The molecule has 26 heavy (non-hydrogen) atoms. The van der Waals surface area contributed by atoms with Gasteiger partial charge in [0.2, 0.25) is 0 Å². The first-order valence-corrected chi connectivity index (χ1v) is 9.27. The van der Waals surface area contributed by atoms with Crippen molar-refractivity contribution in [2.75, 3.05) is 13.2 Å². The average Bonchev–Trinajstić information content (AvgIpc) is 2.64. The van der Waals surface area contributed by atoms with Gasteiger partial charge in [0, 0.05) is 0 Å². The van der Waals surface area contributed by atoms with Crippen LogP contribution in [-0.2, 0) is 11.2 Å². The number of esters is 1. The minimum absolute atomic E-state index is 0.182. The van der Waals surface area contributed by atoms with E-state index in [0.717, 1.165) is 17.5 Å². The smallest absolute Gasteiger partial charge is 0.315 e. The number of para-hydroxylation sites is 1. The monoisotopic (exact) mass is 356 g/mol. The van der Waals surface area contributed by atoms with Crippen molar-refractivity contribution in [2.24, 2.45) is 0 Å². The summed E-state index contributed by atoms with van der Waals surface area (Å²) in [6, 6.07) is 13.3. The van der Waals surface area contributed by atoms with Crippen LogP contribution in [0.15, 0.2) is 42.5 Å². The van der Waals surface area contributed by atoms with Gasteiger partial charge in [-0.15, -0.1) is 0 Å². The Hall–Kier alpha value is -2.49. The molecule has 0 aliphatic heterocycles. The van der Waals surface area contributed by atoms with Crippen LogP contribution in [0.5, 0.6) is 17.2 Å². The van der Waals surface area contributed by atoms with Crippen LogP contribution < -0.4 is 14.2 Å². The van der Waals surface area contributed by atoms with E-state index in [1.54, 1.807) is 0 Å². The molecule has 140 valence electrons. The number of ether oxygens (including phenoxy) is 3. The highest BCUT2D eigenvalue weighted by atomic mass is 16.5. The molecule has 1 unspecified atom stereocenters. The van der Waals surface area contributed by atoms with E-state index in [4.69, 9.17) is 14.2 Å². The Bertz CT molecular complexity index is 724. The first-order valence-electron chi connectivity index (χ1n) is 9.27. The van der Waals surface area contributed by atoms with Gasteiger partial charge in [-0.2, -0.15) is 0 Å². The number of benzene rings is 2. The molecule has 0 fully saturated rings. The van der Waals surface area contributed by atoms with Crippen molar-refractivity contribution >= 4 is 5.97 Å². The van der Waals surface area contributed by atoms with Gasteiger partial charge >= 0.3 is 5.97 Å². The zero-order valence-corrected chi connectivity index (χ0v) is 16.1. The van der Waals surface area contributed by atoms with Gasteiger partial charge in [-0.3, -0.25) is 4.79 Å². The third-order valence-electron chi connectivity index (χ3n) is 4.24. The quantitative estimate of drug-likeness (QED) is 0.461. The molecule has 0 aliphatic carbocycles. The standard InChI is InChI=1S/C22H28O4/c1-5-16(4)18-10-8-9-11-19(18)26-22(23)15-17-12-13-20(24-6-2)21(14-17)25-7-3/h8-14,16H,5-7,15H2,1-4H3. The minimum atomic E-state index is -0.285. The van der Waals surface area contributed by atoms with Gasteiger partial charge in [0.05, 0.1) is 19.6 Å². The van der Waals surface area contributed by atoms with Gasteiger partial charge < -0.3 is 14.2 Å². The summed E-state index contributed by atoms with van der Waals surface area (Å²) in [5.41, 5.74) is 1.90. The lowest BCUT2D eigenvalue weighted by Gasteiger charge is -2.15. The van der Waals surface area contributed by atoms with Crippen molar-refractivity contribution < 1.29 is 19.0 Å². The van der Waals surface area contributed by atoms with Crippen molar-refractivity contribution in [3.63, 3.8) is 0 Å². The van der Waals surface area contributed by atoms with E-state index in [9.17, 15) is 4.79 Å². The van der Waals surface area contributed by atoms with Crippen LogP contribution in [0.3, 0.4) is 0 Å². The zero-order chi connectivity index (χ0) is 18.9. The number of hydrogen-bond acceptors (Lipinski definition) is 4. The predicted octanol–water partition coefficient (Wildman–Crippen LogP) is 5.15. The fourth-order valence-corrected chi connectivity index (χ4v) is 2.73. The molecule has 0 radical (unpaired) electrons. The maximum atomic E-state index is 12.4. The van der Waals surface area contributed by atoms with Crippen molar-refractivity contribution in [3.8, 4) is 17.2 Å². The Morgan fingerprint density at radius 1 is 0.923 bits per heavy atom. The highest BCUT2D eigenvalue weighted by Crippen LogP contribution is 2.30. The Labute approximate surface area is 156 Å². The Morgan fingerprint density at radius 2 is 1.62 bits per heavy atom. The summed E-state index contributed by atoms with van der Waals surface area (Å²) in [4.78, 5) is 12.4. The number of hydrogen-bond donors (Lipinski definition) is 0. The largest absolute Gasteiger partial charge is 0.490 e. The van der Waals surface area contributed by atoms with Crippen LogP contribution in [0.2, 0.25) is 0 Å². The van der Waals surface area contributed by atoms with E-state index in [1.165, 1.54) is 0 Å². The third-order valence-corrected chi connectivity index (χ3v) is 4.24. The van der Waals surface area contributed by atoms with Crippen LogP contribution in [-0.4, -0.2) is 19.2 Å². The summed E-state index contributed by atoms with van der Waals surface area (Å²) in [7, 11) is 0. The van der Waals surface area contributed by atoms with E-state index in [2.05, 4.69) is 13.8 Å². The van der Waals surface area contributed by atoms with Gasteiger partial charge in [-0.1, -0.05) is 38.1 Å². The molecule has 4 nitrogen and oxygen atoms in total. The summed E-state index contributed by atoms with van der Waals surface area (Å²) in [6.07, 6.45) is 1.17. The summed E-state index contributed by atoms with van der Waals surface area (Å²) < 4.78 is 16.8. The highest BCUT2D eigenvalue weighted by molar-refractivity contribution is 5.76. The number of carbonyl (C=O) groups is 1. The fraction of sp³-hybridized carbons (Fsp3) is 0.409. The molecule has 0 heterocycles. The zero-order valence-electron chi connectivity index (χ0n) is 16.1. The lowest BCUT2D eigenvalue weighted by molar-refractivity contribution is -0.133. The SMILES string of the molecule is CCOc1ccc(CC(=O)Oc2ccccc2C(C)CC)cc1OCC. The van der Waals surface area contributed by atoms with Crippen LogP contribution in [0.25, 0.3) is 0 Å². The van der Waals surface area contributed by atoms with Crippen LogP contribution >= 0.6 is 0 Å². The van der Waals surface area contributed by atoms with E-state index < -0.39 is 0 Å². The Kier molecular flexibility index (Phi) is 7.52. The second-order valence-electron chi connectivity index (χ2n) is 6.15. The van der Waals surface area contributed by atoms with E-state index >= 15 is 0 Å². The summed E-state index contributed by atoms with van der Waals surface area (Å²) in [6.45, 7) is 9.20. The molecule has 1 atom stereocenters. The number of rotatable bonds is 9. The molecule has 2 aromatic carbocycles. The van der Waals surface area contributed by atoms with Gasteiger partial charge in [0.15, 0.2) is 11.5 Å². The molecule has 0 spiro atoms. The predicted molar refractivity (Wildman–Crippen MR) is 103 cm³/mol. The molecular formula is C22H28O4. The lowest BCUT2D eigenvalue weighted by atomic mass is 9.98. The Balaban J connectivity index is 2.12. The molecule has 0 saturated heterocycles. The third kappa shape index (κ3) is 5.25. The van der Waals surface area contributed by atoms with Crippen LogP contribution in [0, 0.1) is 0 Å². The molecule has 0 amide bonds. The van der Waals surface area contributed by atoms with Gasteiger partial charge in [0.25, 0.3) is 0 Å². The van der Waals surface area contributed by atoms with Gasteiger partial charge in [-0.05, 0) is 55.5 Å². The summed E-state index contributed by atoms with van der Waals surface area (Å²) in [5, 5.41) is 0. The van der Waals surface area contributed by atoms with Crippen LogP contribution in [0.1, 0.15) is 51.2 Å². The topological polar surface area (TPSA) is 44.8 Å². The normalized spacial score (nSPS) is 11.7. The van der Waals surface area contributed by atoms with Gasteiger partial charge in [0.1, 0.15) is 5.75 Å². The molecule has 4 heteroatoms. The maximum Gasteiger partial charge on any atom is 0.315 e. The fourth-order valence-electron chi connectivity index (χ4n) is 2.73. The second-order valence-corrected chi connectivity index (χ2v) is 6.15. The maximum absolute atomic E-state index is 12.4. The highest BCUT2D eigenvalue weighted by Gasteiger charge is 2.15. The molecule has 0 saturated carbocycles. The first kappa shape index (κ1) is 19.8. The molecule has 0 aliphatic rings. The number of carbonyl (C=O) groups excluding carboxylic acids is 1. The average molecular weight is 356 g/mol. The van der Waals surface area contributed by atoms with Crippen molar-refractivity contribution in [2.45, 2.75) is 46.5 Å². The first-order chi connectivity index (χ1) is 12.6. The minimum Gasteiger partial charge on any atom is -0.490 e. The lowest BCUT2D eigenvalue weighted by Crippen LogP contribution is -2.13. The molecule has 0 N–H and O–H groups in total. The van der Waals surface area contributed by atoms with E-state index in [-0.39, 0.29) is 12.4 Å². The molecule has 2 aromatic rings. The van der Waals surface area contributed by atoms with Crippen LogP contribution in [0.4, 0.5) is 0 Å². The van der Waals surface area contributed by atoms with E-state index in [0.29, 0.717) is 36.4 Å². The van der Waals surface area contributed by atoms with E-state index in [1.807, 2.05) is 56.3 Å².